The molecule has 0 aliphatic carbocycles. The number of aryl methyl sites for hydroxylation is 1. The van der Waals surface area contributed by atoms with Crippen molar-refractivity contribution in [2.45, 2.75) is 33.2 Å². The Bertz CT molecular complexity index is 364. The Morgan fingerprint density at radius 1 is 1.37 bits per heavy atom. The summed E-state index contributed by atoms with van der Waals surface area (Å²) in [4.78, 5) is 6.74. The van der Waals surface area contributed by atoms with E-state index < -0.39 is 0 Å². The lowest BCUT2D eigenvalue weighted by molar-refractivity contribution is 0.172. The van der Waals surface area contributed by atoms with Gasteiger partial charge in [0.25, 0.3) is 0 Å². The van der Waals surface area contributed by atoms with Crippen molar-refractivity contribution in [1.29, 1.82) is 0 Å². The van der Waals surface area contributed by atoms with E-state index in [0.717, 1.165) is 24.9 Å². The minimum Gasteiger partial charge on any atom is -0.337 e. The summed E-state index contributed by atoms with van der Waals surface area (Å²) in [6.45, 7) is 10.4. The molecule has 0 spiro atoms. The number of imidazole rings is 1. The molecule has 4 heteroatoms. The van der Waals surface area contributed by atoms with Gasteiger partial charge in [0.15, 0.2) is 0 Å². The molecular formula is C15H28N4. The summed E-state index contributed by atoms with van der Waals surface area (Å²) in [6, 6.07) is 0. The van der Waals surface area contributed by atoms with Crippen molar-refractivity contribution in [3.63, 3.8) is 0 Å². The van der Waals surface area contributed by atoms with Crippen molar-refractivity contribution in [2.24, 2.45) is 18.9 Å². The van der Waals surface area contributed by atoms with Gasteiger partial charge in [-0.25, -0.2) is 4.98 Å². The first-order valence-corrected chi connectivity index (χ1v) is 7.53. The highest BCUT2D eigenvalue weighted by Gasteiger charge is 2.19. The number of hydrogen-bond donors (Lipinski definition) is 1. The van der Waals surface area contributed by atoms with Gasteiger partial charge >= 0.3 is 0 Å². The molecule has 2 rings (SSSR count). The first-order chi connectivity index (χ1) is 9.15. The van der Waals surface area contributed by atoms with Crippen LogP contribution in [0.3, 0.4) is 0 Å². The smallest absolute Gasteiger partial charge is 0.0945 e. The monoisotopic (exact) mass is 264 g/mol. The molecule has 1 N–H and O–H groups in total. The summed E-state index contributed by atoms with van der Waals surface area (Å²) in [5.41, 5.74) is 1.32. The summed E-state index contributed by atoms with van der Waals surface area (Å²) in [5.74, 6) is 1.62. The Hall–Kier alpha value is -0.870. The van der Waals surface area contributed by atoms with E-state index in [0.29, 0.717) is 0 Å². The Kier molecular flexibility index (Phi) is 5.40. The van der Waals surface area contributed by atoms with Crippen LogP contribution in [0.1, 0.15) is 32.4 Å². The third-order valence-corrected chi connectivity index (χ3v) is 3.99. The number of aromatic nitrogens is 2. The van der Waals surface area contributed by atoms with E-state index >= 15 is 0 Å². The van der Waals surface area contributed by atoms with Crippen molar-refractivity contribution in [1.82, 2.24) is 19.8 Å². The zero-order valence-electron chi connectivity index (χ0n) is 12.6. The second-order valence-electron chi connectivity index (χ2n) is 6.27. The molecule has 0 atom stereocenters. The molecule has 1 saturated heterocycles. The molecule has 108 valence electrons. The lowest BCUT2D eigenvalue weighted by Gasteiger charge is -2.32. The predicted molar refractivity (Wildman–Crippen MR) is 78.9 cm³/mol. The minimum absolute atomic E-state index is 0.755. The van der Waals surface area contributed by atoms with Crippen LogP contribution in [-0.2, 0) is 13.6 Å². The lowest BCUT2D eigenvalue weighted by atomic mass is 9.96. The van der Waals surface area contributed by atoms with Crippen molar-refractivity contribution in [3.8, 4) is 0 Å². The summed E-state index contributed by atoms with van der Waals surface area (Å²) in [5, 5.41) is 3.59. The molecule has 0 radical (unpaired) electrons. The molecule has 0 bridgehead atoms. The zero-order chi connectivity index (χ0) is 13.7. The second-order valence-corrected chi connectivity index (χ2v) is 6.27. The molecule has 2 heterocycles. The molecule has 0 saturated carbocycles. The third-order valence-electron chi connectivity index (χ3n) is 3.99. The van der Waals surface area contributed by atoms with Gasteiger partial charge in [0.1, 0.15) is 0 Å². The van der Waals surface area contributed by atoms with Crippen LogP contribution in [0, 0.1) is 11.8 Å². The van der Waals surface area contributed by atoms with Gasteiger partial charge in [-0.3, -0.25) is 4.90 Å². The predicted octanol–water partition coefficient (Wildman–Crippen LogP) is 1.88. The van der Waals surface area contributed by atoms with E-state index in [2.05, 4.69) is 40.7 Å². The number of rotatable bonds is 6. The van der Waals surface area contributed by atoms with Crippen molar-refractivity contribution in [2.75, 3.05) is 26.2 Å². The fraction of sp³-hybridized carbons (Fsp3) is 0.800. The first-order valence-electron chi connectivity index (χ1n) is 7.53. The quantitative estimate of drug-likeness (QED) is 0.851. The Labute approximate surface area is 117 Å². The van der Waals surface area contributed by atoms with E-state index in [1.165, 1.54) is 38.2 Å². The summed E-state index contributed by atoms with van der Waals surface area (Å²) in [6.07, 6.45) is 6.51. The van der Waals surface area contributed by atoms with Gasteiger partial charge in [-0.05, 0) is 50.9 Å². The Morgan fingerprint density at radius 3 is 2.68 bits per heavy atom. The van der Waals surface area contributed by atoms with Gasteiger partial charge in [0, 0.05) is 19.8 Å². The van der Waals surface area contributed by atoms with Gasteiger partial charge < -0.3 is 9.88 Å². The highest BCUT2D eigenvalue weighted by atomic mass is 15.2. The molecule has 1 aliphatic rings. The Balaban J connectivity index is 1.66. The average molecular weight is 264 g/mol. The first kappa shape index (κ1) is 14.5. The topological polar surface area (TPSA) is 33.1 Å². The number of nitrogens with zero attached hydrogens (tertiary/aromatic N) is 3. The van der Waals surface area contributed by atoms with Gasteiger partial charge in [-0.1, -0.05) is 13.8 Å². The fourth-order valence-corrected chi connectivity index (χ4v) is 2.69. The number of hydrogen-bond acceptors (Lipinski definition) is 3. The maximum Gasteiger partial charge on any atom is 0.0945 e. The molecule has 1 aromatic rings. The van der Waals surface area contributed by atoms with E-state index in [9.17, 15) is 0 Å². The normalized spacial score (nSPS) is 18.3. The van der Waals surface area contributed by atoms with Crippen LogP contribution >= 0.6 is 0 Å². The maximum atomic E-state index is 4.19. The van der Waals surface area contributed by atoms with Gasteiger partial charge in [0.05, 0.1) is 12.0 Å². The lowest BCUT2D eigenvalue weighted by Crippen LogP contribution is -2.37. The fourth-order valence-electron chi connectivity index (χ4n) is 2.69. The van der Waals surface area contributed by atoms with Crippen LogP contribution in [0.5, 0.6) is 0 Å². The van der Waals surface area contributed by atoms with Gasteiger partial charge in [-0.2, -0.15) is 0 Å². The number of likely N-dealkylation sites (tertiary alicyclic amines) is 1. The molecule has 0 amide bonds. The number of piperidine rings is 1. The Morgan fingerprint density at radius 2 is 2.11 bits per heavy atom. The highest BCUT2D eigenvalue weighted by molar-refractivity contribution is 4.97. The summed E-state index contributed by atoms with van der Waals surface area (Å²) < 4.78 is 2.12. The molecule has 0 unspecified atom stereocenters. The van der Waals surface area contributed by atoms with E-state index in [4.69, 9.17) is 0 Å². The average Bonchev–Trinajstić information content (AvgIpc) is 2.77. The van der Waals surface area contributed by atoms with E-state index in [1.807, 2.05) is 12.5 Å². The summed E-state index contributed by atoms with van der Waals surface area (Å²) >= 11 is 0. The van der Waals surface area contributed by atoms with Crippen molar-refractivity contribution < 1.29 is 0 Å². The van der Waals surface area contributed by atoms with Crippen LogP contribution < -0.4 is 5.32 Å². The van der Waals surface area contributed by atoms with Crippen LogP contribution in [0.4, 0.5) is 0 Å². The summed E-state index contributed by atoms with van der Waals surface area (Å²) in [7, 11) is 2.07. The molecule has 1 fully saturated rings. The number of nitrogens with one attached hydrogen (secondary N) is 1. The standard InChI is InChI=1S/C15H28N4/c1-13(2)8-16-9-14-4-6-19(7-5-14)11-15-10-17-12-18(15)3/h10,12-14,16H,4-9,11H2,1-3H3. The maximum absolute atomic E-state index is 4.19. The minimum atomic E-state index is 0.755. The van der Waals surface area contributed by atoms with Gasteiger partial charge in [-0.15, -0.1) is 0 Å². The zero-order valence-corrected chi connectivity index (χ0v) is 12.6. The van der Waals surface area contributed by atoms with Crippen LogP contribution in [0.25, 0.3) is 0 Å². The second kappa shape index (κ2) is 7.06. The molecule has 1 aromatic heterocycles. The molecule has 19 heavy (non-hydrogen) atoms. The van der Waals surface area contributed by atoms with Gasteiger partial charge in [0.2, 0.25) is 0 Å². The largest absolute Gasteiger partial charge is 0.337 e. The highest BCUT2D eigenvalue weighted by Crippen LogP contribution is 2.18. The molecule has 0 aromatic carbocycles. The molecule has 1 aliphatic heterocycles. The third kappa shape index (κ3) is 4.62. The van der Waals surface area contributed by atoms with E-state index in [-0.39, 0.29) is 0 Å². The molecule has 4 nitrogen and oxygen atoms in total. The van der Waals surface area contributed by atoms with Crippen LogP contribution in [0.2, 0.25) is 0 Å². The SMILES string of the molecule is CC(C)CNCC1CCN(Cc2cncn2C)CC1. The van der Waals surface area contributed by atoms with Crippen LogP contribution in [0.15, 0.2) is 12.5 Å². The van der Waals surface area contributed by atoms with Crippen LogP contribution in [-0.4, -0.2) is 40.6 Å². The van der Waals surface area contributed by atoms with Crippen molar-refractivity contribution >= 4 is 0 Å². The van der Waals surface area contributed by atoms with Crippen molar-refractivity contribution in [3.05, 3.63) is 18.2 Å². The van der Waals surface area contributed by atoms with E-state index in [1.54, 1.807) is 0 Å². The molecular weight excluding hydrogens is 236 g/mol.